The minimum Gasteiger partial charge on any atom is -0.361 e. The fraction of sp³-hybridized carbons (Fsp3) is 0.462. The molecule has 0 spiro atoms. The van der Waals surface area contributed by atoms with Crippen LogP contribution >= 0.6 is 0 Å². The van der Waals surface area contributed by atoms with Gasteiger partial charge in [-0.1, -0.05) is 23.7 Å². The highest BCUT2D eigenvalue weighted by atomic mass is 19.4. The molecule has 6 nitrogen and oxygen atoms in total. The maximum atomic E-state index is 14.0. The third-order valence-corrected chi connectivity index (χ3v) is 7.13. The highest BCUT2D eigenvalue weighted by Gasteiger charge is 2.38. The van der Waals surface area contributed by atoms with Gasteiger partial charge in [0.05, 0.1) is 28.3 Å². The minimum atomic E-state index is -4.66. The molecule has 2 aliphatic carbocycles. The topological polar surface area (TPSA) is 76.7 Å². The lowest BCUT2D eigenvalue weighted by Crippen LogP contribution is -2.26. The number of pyridine rings is 1. The summed E-state index contributed by atoms with van der Waals surface area (Å²) in [5.41, 5.74) is 2.47. The molecule has 3 aromatic rings. The van der Waals surface area contributed by atoms with Crippen LogP contribution in [0.4, 0.5) is 27.9 Å². The average Bonchev–Trinajstić information content (AvgIpc) is 3.55. The molecule has 0 radical (unpaired) electrons. The van der Waals surface area contributed by atoms with Crippen LogP contribution in [-0.4, -0.2) is 32.6 Å². The van der Waals surface area contributed by atoms with Gasteiger partial charge < -0.3 is 9.84 Å². The van der Waals surface area contributed by atoms with Crippen LogP contribution < -0.4 is 5.32 Å². The number of hydrogen-bond donors (Lipinski definition) is 1. The summed E-state index contributed by atoms with van der Waals surface area (Å²) in [6.07, 6.45) is -1.68. The Kier molecular flexibility index (Phi) is 6.72. The second-order valence-electron chi connectivity index (χ2n) is 9.58. The molecule has 0 saturated heterocycles. The number of nitrogens with zero attached hydrogens (tertiary/aromatic N) is 4. The van der Waals surface area contributed by atoms with Crippen molar-refractivity contribution in [2.75, 3.05) is 5.32 Å². The summed E-state index contributed by atoms with van der Waals surface area (Å²) in [7, 11) is 0. The highest BCUT2D eigenvalue weighted by Crippen LogP contribution is 2.40. The van der Waals surface area contributed by atoms with Crippen molar-refractivity contribution in [3.63, 3.8) is 0 Å². The normalized spacial score (nSPS) is 19.4. The zero-order valence-corrected chi connectivity index (χ0v) is 20.4. The van der Waals surface area contributed by atoms with Crippen LogP contribution in [0, 0.1) is 19.8 Å². The molecule has 1 fully saturated rings. The van der Waals surface area contributed by atoms with E-state index in [0.29, 0.717) is 46.8 Å². The van der Waals surface area contributed by atoms with E-state index < -0.39 is 18.2 Å². The number of fused-ring (bicyclic) bond motifs is 1. The summed E-state index contributed by atoms with van der Waals surface area (Å²) >= 11 is 0. The number of allylic oxidation sites excluding steroid dienone is 1. The second kappa shape index (κ2) is 9.83. The summed E-state index contributed by atoms with van der Waals surface area (Å²) < 4.78 is 72.5. The fourth-order valence-electron chi connectivity index (χ4n) is 5.37. The van der Waals surface area contributed by atoms with E-state index in [4.69, 9.17) is 4.52 Å². The van der Waals surface area contributed by atoms with Crippen LogP contribution in [0.15, 0.2) is 28.9 Å². The van der Waals surface area contributed by atoms with Gasteiger partial charge in [-0.3, -0.25) is 4.98 Å². The Hall–Kier alpha value is -3.37. The molecule has 3 heterocycles. The molecule has 37 heavy (non-hydrogen) atoms. The summed E-state index contributed by atoms with van der Waals surface area (Å²) in [6.45, 7) is 3.58. The number of aryl methyl sites for hydroxylation is 2. The average molecular weight is 520 g/mol. The van der Waals surface area contributed by atoms with Crippen LogP contribution in [0.1, 0.15) is 66.1 Å². The van der Waals surface area contributed by atoms with Crippen molar-refractivity contribution in [3.8, 4) is 11.3 Å². The number of alkyl halides is 5. The second-order valence-corrected chi connectivity index (χ2v) is 9.58. The molecule has 0 bridgehead atoms. The lowest BCUT2D eigenvalue weighted by Gasteiger charge is -2.22. The monoisotopic (exact) mass is 519 g/mol. The Morgan fingerprint density at radius 1 is 1.14 bits per heavy atom. The zero-order chi connectivity index (χ0) is 26.3. The molecule has 196 valence electrons. The van der Waals surface area contributed by atoms with E-state index in [2.05, 4.69) is 25.4 Å². The molecule has 3 aromatic heterocycles. The van der Waals surface area contributed by atoms with Gasteiger partial charge in [-0.2, -0.15) is 13.2 Å². The van der Waals surface area contributed by atoms with Crippen LogP contribution in [-0.2, 0) is 12.6 Å². The first-order valence-electron chi connectivity index (χ1n) is 12.2. The van der Waals surface area contributed by atoms with Gasteiger partial charge in [-0.25, -0.2) is 18.7 Å². The Labute approximate surface area is 210 Å². The predicted octanol–water partition coefficient (Wildman–Crippen LogP) is 6.78. The quantitative estimate of drug-likeness (QED) is 0.347. The third kappa shape index (κ3) is 5.08. The third-order valence-electron chi connectivity index (χ3n) is 7.13. The van der Waals surface area contributed by atoms with Gasteiger partial charge in [-0.05, 0) is 45.1 Å². The summed E-state index contributed by atoms with van der Waals surface area (Å²) in [6, 6.07) is 3.33. The molecule has 2 aliphatic rings. The van der Waals surface area contributed by atoms with E-state index in [1.54, 1.807) is 32.1 Å². The van der Waals surface area contributed by atoms with Gasteiger partial charge in [0.1, 0.15) is 11.3 Å². The van der Waals surface area contributed by atoms with Gasteiger partial charge in [0.25, 0.3) is 0 Å². The SMILES string of the molecule is Cc1noc(C)c1-c1ccc2c(n1)CC=C2c1nc(N[C@H]2CCC[C@@H]2CCC(F)F)ncc1C(F)(F)F. The predicted molar refractivity (Wildman–Crippen MR) is 127 cm³/mol. The molecule has 1 N–H and O–H groups in total. The zero-order valence-electron chi connectivity index (χ0n) is 20.4. The molecule has 11 heteroatoms. The number of aromatic nitrogens is 4. The van der Waals surface area contributed by atoms with E-state index in [1.165, 1.54) is 0 Å². The minimum absolute atomic E-state index is 0.00158. The molecule has 0 unspecified atom stereocenters. The van der Waals surface area contributed by atoms with Crippen LogP contribution in [0.2, 0.25) is 0 Å². The summed E-state index contributed by atoms with van der Waals surface area (Å²) in [5.74, 6) is 0.675. The lowest BCUT2D eigenvalue weighted by molar-refractivity contribution is -0.138. The van der Waals surface area contributed by atoms with E-state index in [-0.39, 0.29) is 30.0 Å². The number of anilines is 1. The smallest absolute Gasteiger partial charge is 0.361 e. The fourth-order valence-corrected chi connectivity index (χ4v) is 5.37. The van der Waals surface area contributed by atoms with E-state index in [9.17, 15) is 22.0 Å². The van der Waals surface area contributed by atoms with E-state index in [0.717, 1.165) is 31.0 Å². The molecule has 0 aromatic carbocycles. The van der Waals surface area contributed by atoms with Crippen molar-refractivity contribution >= 4 is 11.5 Å². The van der Waals surface area contributed by atoms with Crippen LogP contribution in [0.5, 0.6) is 0 Å². The summed E-state index contributed by atoms with van der Waals surface area (Å²) in [4.78, 5) is 12.9. The molecular weight excluding hydrogens is 493 g/mol. The number of hydrogen-bond acceptors (Lipinski definition) is 6. The molecule has 2 atom stereocenters. The van der Waals surface area contributed by atoms with Crippen LogP contribution in [0.3, 0.4) is 0 Å². The number of halogens is 5. The largest absolute Gasteiger partial charge is 0.419 e. The van der Waals surface area contributed by atoms with Crippen molar-refractivity contribution in [2.24, 2.45) is 5.92 Å². The number of nitrogens with one attached hydrogen (secondary N) is 1. The standard InChI is InChI=1S/C26H26F5N5O/c1-13-23(14(2)37-36-13)21-10-7-16-17(8-9-20(16)33-21)24-18(26(29,30)31)12-32-25(35-24)34-19-5-3-4-15(19)6-11-22(27)28/h7-8,10,12,15,19,22H,3-6,9,11H2,1-2H3,(H,32,34,35)/t15-,19+/m1/s1. The van der Waals surface area contributed by atoms with Crippen molar-refractivity contribution in [3.05, 3.63) is 58.4 Å². The first-order valence-corrected chi connectivity index (χ1v) is 12.2. The highest BCUT2D eigenvalue weighted by molar-refractivity contribution is 5.85. The van der Waals surface area contributed by atoms with Gasteiger partial charge in [0.2, 0.25) is 12.4 Å². The maximum Gasteiger partial charge on any atom is 0.419 e. The lowest BCUT2D eigenvalue weighted by atomic mass is 9.98. The Bertz CT molecular complexity index is 1310. The molecule has 1 saturated carbocycles. The van der Waals surface area contributed by atoms with Gasteiger partial charge in [-0.15, -0.1) is 0 Å². The van der Waals surface area contributed by atoms with Crippen molar-refractivity contribution < 1.29 is 26.5 Å². The molecule has 0 aliphatic heterocycles. The first kappa shape index (κ1) is 25.3. The van der Waals surface area contributed by atoms with Gasteiger partial charge >= 0.3 is 6.18 Å². The summed E-state index contributed by atoms with van der Waals surface area (Å²) in [5, 5.41) is 7.08. The van der Waals surface area contributed by atoms with Crippen molar-refractivity contribution in [1.82, 2.24) is 20.1 Å². The Balaban J connectivity index is 1.46. The van der Waals surface area contributed by atoms with Crippen molar-refractivity contribution in [2.45, 2.75) is 71.0 Å². The molecular formula is C26H26F5N5O. The molecule has 0 amide bonds. The molecule has 5 rings (SSSR count). The van der Waals surface area contributed by atoms with Gasteiger partial charge in [0.15, 0.2) is 0 Å². The van der Waals surface area contributed by atoms with E-state index >= 15 is 0 Å². The van der Waals surface area contributed by atoms with Crippen molar-refractivity contribution in [1.29, 1.82) is 0 Å². The van der Waals surface area contributed by atoms with E-state index in [1.807, 2.05) is 0 Å². The maximum absolute atomic E-state index is 14.0. The first-order chi connectivity index (χ1) is 17.6. The number of rotatable bonds is 7. The van der Waals surface area contributed by atoms with Gasteiger partial charge in [0, 0.05) is 36.2 Å². The Morgan fingerprint density at radius 2 is 1.95 bits per heavy atom. The Morgan fingerprint density at radius 3 is 2.65 bits per heavy atom. The van der Waals surface area contributed by atoms with Crippen LogP contribution in [0.25, 0.3) is 16.8 Å².